The van der Waals surface area contributed by atoms with Crippen LogP contribution in [0.4, 0.5) is 0 Å². The van der Waals surface area contributed by atoms with Gasteiger partial charge in [-0.3, -0.25) is 4.90 Å². The first-order valence-electron chi connectivity index (χ1n) is 7.68. The van der Waals surface area contributed by atoms with Crippen LogP contribution in [0.25, 0.3) is 0 Å². The summed E-state index contributed by atoms with van der Waals surface area (Å²) >= 11 is 0. The Kier molecular flexibility index (Phi) is 3.64. The molecule has 2 fully saturated rings. The van der Waals surface area contributed by atoms with E-state index in [0.29, 0.717) is 17.5 Å². The standard InChI is InChI=1S/C17H26N2/c1-17(2)10-11-18-15-9-6-12-19(16(15)17)13-14-7-4-3-5-8-14/h3-5,7-8,15-16,18H,6,9-13H2,1-2H3. The van der Waals surface area contributed by atoms with Gasteiger partial charge in [-0.1, -0.05) is 44.2 Å². The van der Waals surface area contributed by atoms with Gasteiger partial charge >= 0.3 is 0 Å². The maximum atomic E-state index is 3.75. The Morgan fingerprint density at radius 2 is 2.05 bits per heavy atom. The molecule has 2 nitrogen and oxygen atoms in total. The summed E-state index contributed by atoms with van der Waals surface area (Å²) < 4.78 is 0. The summed E-state index contributed by atoms with van der Waals surface area (Å²) in [6.07, 6.45) is 3.97. The largest absolute Gasteiger partial charge is 0.312 e. The molecule has 2 heteroatoms. The van der Waals surface area contributed by atoms with E-state index in [1.165, 1.54) is 37.9 Å². The molecular weight excluding hydrogens is 232 g/mol. The van der Waals surface area contributed by atoms with Gasteiger partial charge in [-0.25, -0.2) is 0 Å². The third kappa shape index (κ3) is 2.70. The number of piperidine rings is 2. The van der Waals surface area contributed by atoms with Crippen molar-refractivity contribution in [1.82, 2.24) is 10.2 Å². The molecule has 0 bridgehead atoms. The molecule has 2 aliphatic heterocycles. The van der Waals surface area contributed by atoms with Gasteiger partial charge in [-0.15, -0.1) is 0 Å². The van der Waals surface area contributed by atoms with E-state index in [0.717, 1.165) is 6.54 Å². The molecule has 0 spiro atoms. The first-order chi connectivity index (χ1) is 9.17. The number of nitrogens with zero attached hydrogens (tertiary/aromatic N) is 1. The number of fused-ring (bicyclic) bond motifs is 1. The molecule has 0 radical (unpaired) electrons. The summed E-state index contributed by atoms with van der Waals surface area (Å²) in [4.78, 5) is 2.72. The lowest BCUT2D eigenvalue weighted by Crippen LogP contribution is -2.63. The SMILES string of the molecule is CC1(C)CCNC2CCCN(Cc3ccccc3)C21. The van der Waals surface area contributed by atoms with Crippen LogP contribution in [-0.4, -0.2) is 30.1 Å². The minimum atomic E-state index is 0.436. The van der Waals surface area contributed by atoms with Gasteiger partial charge in [0.2, 0.25) is 0 Å². The van der Waals surface area contributed by atoms with Crippen molar-refractivity contribution < 1.29 is 0 Å². The average Bonchev–Trinajstić information content (AvgIpc) is 2.39. The predicted octanol–water partition coefficient (Wildman–Crippen LogP) is 3.04. The topological polar surface area (TPSA) is 15.3 Å². The molecule has 19 heavy (non-hydrogen) atoms. The lowest BCUT2D eigenvalue weighted by molar-refractivity contribution is -0.00548. The van der Waals surface area contributed by atoms with Gasteiger partial charge in [0.15, 0.2) is 0 Å². The van der Waals surface area contributed by atoms with Crippen molar-refractivity contribution in [3.05, 3.63) is 35.9 Å². The van der Waals surface area contributed by atoms with Gasteiger partial charge in [0.05, 0.1) is 0 Å². The van der Waals surface area contributed by atoms with E-state index in [-0.39, 0.29) is 0 Å². The Hall–Kier alpha value is -0.860. The molecule has 2 aliphatic rings. The smallest absolute Gasteiger partial charge is 0.0304 e. The van der Waals surface area contributed by atoms with Gasteiger partial charge in [0, 0.05) is 18.6 Å². The van der Waals surface area contributed by atoms with Crippen molar-refractivity contribution >= 4 is 0 Å². The maximum Gasteiger partial charge on any atom is 0.0304 e. The summed E-state index contributed by atoms with van der Waals surface area (Å²) in [5.41, 5.74) is 1.88. The van der Waals surface area contributed by atoms with Crippen molar-refractivity contribution in [3.8, 4) is 0 Å². The van der Waals surface area contributed by atoms with Crippen LogP contribution in [0.15, 0.2) is 30.3 Å². The molecule has 1 aromatic rings. The Bertz CT molecular complexity index is 411. The molecule has 0 saturated carbocycles. The van der Waals surface area contributed by atoms with E-state index in [4.69, 9.17) is 0 Å². The van der Waals surface area contributed by atoms with Crippen molar-refractivity contribution in [3.63, 3.8) is 0 Å². The monoisotopic (exact) mass is 258 g/mol. The molecule has 2 saturated heterocycles. The quantitative estimate of drug-likeness (QED) is 0.877. The maximum absolute atomic E-state index is 3.75. The number of nitrogens with one attached hydrogen (secondary N) is 1. The van der Waals surface area contributed by atoms with Gasteiger partial charge in [-0.05, 0) is 43.3 Å². The second kappa shape index (κ2) is 5.26. The second-order valence-electron chi connectivity index (χ2n) is 6.84. The molecule has 2 unspecified atom stereocenters. The first kappa shape index (κ1) is 13.1. The van der Waals surface area contributed by atoms with E-state index < -0.39 is 0 Å². The fraction of sp³-hybridized carbons (Fsp3) is 0.647. The van der Waals surface area contributed by atoms with E-state index in [9.17, 15) is 0 Å². The first-order valence-corrected chi connectivity index (χ1v) is 7.68. The highest BCUT2D eigenvalue weighted by Gasteiger charge is 2.43. The van der Waals surface area contributed by atoms with E-state index in [1.54, 1.807) is 0 Å². The Morgan fingerprint density at radius 1 is 1.26 bits per heavy atom. The molecule has 1 aromatic carbocycles. The summed E-state index contributed by atoms with van der Waals surface area (Å²) in [6, 6.07) is 12.3. The van der Waals surface area contributed by atoms with Crippen LogP contribution in [0, 0.1) is 5.41 Å². The molecule has 1 N–H and O–H groups in total. The van der Waals surface area contributed by atoms with Crippen molar-refractivity contribution in [1.29, 1.82) is 0 Å². The van der Waals surface area contributed by atoms with Gasteiger partial charge < -0.3 is 5.32 Å². The van der Waals surface area contributed by atoms with Crippen LogP contribution in [0.1, 0.15) is 38.7 Å². The van der Waals surface area contributed by atoms with Crippen LogP contribution < -0.4 is 5.32 Å². The highest BCUT2D eigenvalue weighted by atomic mass is 15.2. The number of likely N-dealkylation sites (tertiary alicyclic amines) is 1. The zero-order valence-corrected chi connectivity index (χ0v) is 12.2. The Balaban J connectivity index is 1.79. The van der Waals surface area contributed by atoms with Gasteiger partial charge in [-0.2, -0.15) is 0 Å². The molecule has 0 aromatic heterocycles. The molecule has 2 heterocycles. The van der Waals surface area contributed by atoms with Crippen LogP contribution >= 0.6 is 0 Å². The lowest BCUT2D eigenvalue weighted by Gasteiger charge is -2.53. The lowest BCUT2D eigenvalue weighted by atomic mass is 9.71. The highest BCUT2D eigenvalue weighted by molar-refractivity contribution is 5.15. The molecule has 0 aliphatic carbocycles. The molecule has 3 rings (SSSR count). The van der Waals surface area contributed by atoms with Crippen molar-refractivity contribution in [2.75, 3.05) is 13.1 Å². The number of hydrogen-bond donors (Lipinski definition) is 1. The third-order valence-electron chi connectivity index (χ3n) is 4.94. The predicted molar refractivity (Wildman–Crippen MR) is 80.1 cm³/mol. The summed E-state index contributed by atoms with van der Waals surface area (Å²) in [7, 11) is 0. The molecule has 104 valence electrons. The Labute approximate surface area is 117 Å². The fourth-order valence-electron chi connectivity index (χ4n) is 4.04. The number of hydrogen-bond acceptors (Lipinski definition) is 2. The minimum Gasteiger partial charge on any atom is -0.312 e. The number of benzene rings is 1. The van der Waals surface area contributed by atoms with Crippen LogP contribution in [-0.2, 0) is 6.54 Å². The zero-order chi connectivity index (χ0) is 13.3. The van der Waals surface area contributed by atoms with E-state index >= 15 is 0 Å². The van der Waals surface area contributed by atoms with Crippen molar-refractivity contribution in [2.24, 2.45) is 5.41 Å². The second-order valence-corrected chi connectivity index (χ2v) is 6.84. The molecule has 2 atom stereocenters. The molecule has 0 amide bonds. The number of rotatable bonds is 2. The van der Waals surface area contributed by atoms with Gasteiger partial charge in [0.25, 0.3) is 0 Å². The zero-order valence-electron chi connectivity index (χ0n) is 12.2. The highest BCUT2D eigenvalue weighted by Crippen LogP contribution is 2.38. The average molecular weight is 258 g/mol. The Morgan fingerprint density at radius 3 is 2.84 bits per heavy atom. The van der Waals surface area contributed by atoms with Crippen molar-refractivity contribution in [2.45, 2.75) is 51.7 Å². The minimum absolute atomic E-state index is 0.436. The van der Waals surface area contributed by atoms with E-state index in [1.807, 2.05) is 0 Å². The van der Waals surface area contributed by atoms with Crippen LogP contribution in [0.5, 0.6) is 0 Å². The normalized spacial score (nSPS) is 30.8. The fourth-order valence-corrected chi connectivity index (χ4v) is 4.04. The third-order valence-corrected chi connectivity index (χ3v) is 4.94. The van der Waals surface area contributed by atoms with Crippen LogP contribution in [0.2, 0.25) is 0 Å². The van der Waals surface area contributed by atoms with Gasteiger partial charge in [0.1, 0.15) is 0 Å². The molecular formula is C17H26N2. The summed E-state index contributed by atoms with van der Waals surface area (Å²) in [5.74, 6) is 0. The van der Waals surface area contributed by atoms with E-state index in [2.05, 4.69) is 54.4 Å². The summed E-state index contributed by atoms with van der Waals surface area (Å²) in [6.45, 7) is 8.45. The summed E-state index contributed by atoms with van der Waals surface area (Å²) in [5, 5.41) is 3.75. The van der Waals surface area contributed by atoms with Crippen LogP contribution in [0.3, 0.4) is 0 Å².